The fourth-order valence-corrected chi connectivity index (χ4v) is 3.69. The predicted molar refractivity (Wildman–Crippen MR) is 102 cm³/mol. The molecule has 1 atom stereocenters. The zero-order valence-electron chi connectivity index (χ0n) is 14.8. The van der Waals surface area contributed by atoms with Crippen molar-refractivity contribution >= 4 is 17.8 Å². The molecular weight excluding hydrogens is 354 g/mol. The molecule has 2 aliphatic heterocycles. The quantitative estimate of drug-likeness (QED) is 0.386. The summed E-state index contributed by atoms with van der Waals surface area (Å²) in [5.41, 5.74) is 2.98. The smallest absolute Gasteiger partial charge is 0.312 e. The minimum atomic E-state index is -0.295. The molecule has 0 spiro atoms. The third kappa shape index (κ3) is 2.68. The number of allylic oxidation sites excluding steroid dienone is 1. The Morgan fingerprint density at radius 1 is 0.964 bits per heavy atom. The summed E-state index contributed by atoms with van der Waals surface area (Å²) in [5, 5.41) is 0. The van der Waals surface area contributed by atoms with E-state index >= 15 is 0 Å². The van der Waals surface area contributed by atoms with Crippen LogP contribution in [0, 0.1) is 0 Å². The van der Waals surface area contributed by atoms with Crippen molar-refractivity contribution in [3.05, 3.63) is 95.0 Å². The van der Waals surface area contributed by atoms with Gasteiger partial charge in [-0.25, -0.2) is 0 Å². The zero-order chi connectivity index (χ0) is 19.1. The molecule has 0 saturated carbocycles. The number of benzene rings is 2. The van der Waals surface area contributed by atoms with Crippen molar-refractivity contribution in [2.75, 3.05) is 0 Å². The van der Waals surface area contributed by atoms with Gasteiger partial charge < -0.3 is 9.47 Å². The van der Waals surface area contributed by atoms with Crippen LogP contribution < -0.4 is 9.47 Å². The normalized spacial score (nSPS) is 19.0. The number of hydrogen-bond donors (Lipinski definition) is 0. The number of rotatable bonds is 2. The minimum absolute atomic E-state index is 0.189. The van der Waals surface area contributed by atoms with Crippen LogP contribution in [0.2, 0.25) is 0 Å². The van der Waals surface area contributed by atoms with Crippen molar-refractivity contribution in [3.8, 4) is 11.5 Å². The van der Waals surface area contributed by atoms with Crippen LogP contribution in [-0.4, -0.2) is 16.7 Å². The average Bonchev–Trinajstić information content (AvgIpc) is 3.04. The number of Topliss-reactive ketones (excluding diaryl/α,β-unsaturated/α-hetero) is 1. The Morgan fingerprint density at radius 2 is 1.82 bits per heavy atom. The molecule has 0 bridgehead atoms. The second kappa shape index (κ2) is 6.46. The Bertz CT molecular complexity index is 1120. The minimum Gasteiger partial charge on any atom is -0.452 e. The largest absolute Gasteiger partial charge is 0.452 e. The third-order valence-corrected chi connectivity index (χ3v) is 4.96. The molecule has 1 unspecified atom stereocenters. The lowest BCUT2D eigenvalue weighted by atomic mass is 9.85. The first kappa shape index (κ1) is 16.4. The topological polar surface area (TPSA) is 65.5 Å². The Hall–Kier alpha value is -3.73. The monoisotopic (exact) mass is 369 g/mol. The Kier molecular flexibility index (Phi) is 3.79. The molecule has 5 nitrogen and oxygen atoms in total. The zero-order valence-corrected chi connectivity index (χ0v) is 14.8. The van der Waals surface area contributed by atoms with Gasteiger partial charge in [0.2, 0.25) is 5.78 Å². The molecule has 5 rings (SSSR count). The second-order valence-electron chi connectivity index (χ2n) is 6.72. The molecule has 1 aromatic heterocycles. The van der Waals surface area contributed by atoms with Gasteiger partial charge in [0.05, 0.1) is 12.0 Å². The second-order valence-corrected chi connectivity index (χ2v) is 6.72. The SMILES string of the molecule is O=C1CC(c2ccccc2)c2c(ccc3c2O/C(=C\c2cccnc2)C3=O)O1. The van der Waals surface area contributed by atoms with Gasteiger partial charge in [0.1, 0.15) is 11.5 Å². The number of ketones is 1. The van der Waals surface area contributed by atoms with Crippen LogP contribution >= 0.6 is 0 Å². The number of esters is 1. The molecule has 5 heteroatoms. The summed E-state index contributed by atoms with van der Waals surface area (Å²) in [4.78, 5) is 29.1. The number of pyridine rings is 1. The van der Waals surface area contributed by atoms with E-state index in [0.717, 1.165) is 16.7 Å². The van der Waals surface area contributed by atoms with Crippen LogP contribution in [0.5, 0.6) is 11.5 Å². The van der Waals surface area contributed by atoms with Crippen LogP contribution in [-0.2, 0) is 4.79 Å². The van der Waals surface area contributed by atoms with Crippen LogP contribution in [0.1, 0.15) is 39.4 Å². The fraction of sp³-hybridized carbons (Fsp3) is 0.0870. The predicted octanol–water partition coefficient (Wildman–Crippen LogP) is 4.14. The van der Waals surface area contributed by atoms with Gasteiger partial charge in [-0.1, -0.05) is 36.4 Å². The van der Waals surface area contributed by atoms with E-state index in [1.165, 1.54) is 0 Å². The fourth-order valence-electron chi connectivity index (χ4n) is 3.69. The van der Waals surface area contributed by atoms with E-state index in [2.05, 4.69) is 4.98 Å². The van der Waals surface area contributed by atoms with Crippen LogP contribution in [0.3, 0.4) is 0 Å². The van der Waals surface area contributed by atoms with E-state index in [0.29, 0.717) is 17.1 Å². The molecule has 0 amide bonds. The van der Waals surface area contributed by atoms with Crippen LogP contribution in [0.25, 0.3) is 6.08 Å². The van der Waals surface area contributed by atoms with E-state index in [-0.39, 0.29) is 29.9 Å². The molecule has 3 heterocycles. The van der Waals surface area contributed by atoms with Gasteiger partial charge in [-0.2, -0.15) is 0 Å². The number of fused-ring (bicyclic) bond motifs is 3. The summed E-state index contributed by atoms with van der Waals surface area (Å²) in [5.74, 6) is 0.443. The molecule has 0 saturated heterocycles. The summed E-state index contributed by atoms with van der Waals surface area (Å²) in [6.07, 6.45) is 5.21. The highest BCUT2D eigenvalue weighted by molar-refractivity contribution is 6.15. The van der Waals surface area contributed by atoms with Gasteiger partial charge in [0.15, 0.2) is 5.76 Å². The lowest BCUT2D eigenvalue weighted by Gasteiger charge is -2.26. The highest BCUT2D eigenvalue weighted by Crippen LogP contribution is 2.48. The summed E-state index contributed by atoms with van der Waals surface area (Å²) in [6, 6.07) is 16.7. The number of carbonyl (C=O) groups excluding carboxylic acids is 2. The van der Waals surface area contributed by atoms with Gasteiger partial charge in [0.25, 0.3) is 0 Å². The van der Waals surface area contributed by atoms with Gasteiger partial charge >= 0.3 is 5.97 Å². The highest BCUT2D eigenvalue weighted by Gasteiger charge is 2.38. The molecule has 0 fully saturated rings. The number of hydrogen-bond acceptors (Lipinski definition) is 5. The van der Waals surface area contributed by atoms with Crippen molar-refractivity contribution < 1.29 is 19.1 Å². The number of ether oxygens (including phenoxy) is 2. The van der Waals surface area contributed by atoms with E-state index in [1.54, 1.807) is 36.7 Å². The first-order valence-corrected chi connectivity index (χ1v) is 8.97. The molecule has 28 heavy (non-hydrogen) atoms. The van der Waals surface area contributed by atoms with E-state index in [4.69, 9.17) is 9.47 Å². The maximum atomic E-state index is 12.9. The maximum absolute atomic E-state index is 12.9. The van der Waals surface area contributed by atoms with E-state index < -0.39 is 0 Å². The van der Waals surface area contributed by atoms with Gasteiger partial charge in [-0.3, -0.25) is 14.6 Å². The molecule has 0 radical (unpaired) electrons. The Morgan fingerprint density at radius 3 is 2.61 bits per heavy atom. The van der Waals surface area contributed by atoms with Crippen molar-refractivity contribution in [3.63, 3.8) is 0 Å². The summed E-state index contributed by atoms with van der Waals surface area (Å²) < 4.78 is 11.4. The van der Waals surface area contributed by atoms with E-state index in [9.17, 15) is 9.59 Å². The van der Waals surface area contributed by atoms with Gasteiger partial charge in [0, 0.05) is 23.9 Å². The van der Waals surface area contributed by atoms with Gasteiger partial charge in [-0.15, -0.1) is 0 Å². The van der Waals surface area contributed by atoms with E-state index in [1.807, 2.05) is 36.4 Å². The van der Waals surface area contributed by atoms with Crippen molar-refractivity contribution in [1.82, 2.24) is 4.98 Å². The maximum Gasteiger partial charge on any atom is 0.312 e. The number of carbonyl (C=O) groups is 2. The average molecular weight is 369 g/mol. The lowest BCUT2D eigenvalue weighted by molar-refractivity contribution is -0.135. The highest BCUT2D eigenvalue weighted by atomic mass is 16.5. The molecule has 0 aliphatic carbocycles. The Balaban J connectivity index is 1.63. The lowest BCUT2D eigenvalue weighted by Crippen LogP contribution is -2.21. The number of aromatic nitrogens is 1. The van der Waals surface area contributed by atoms with Crippen LogP contribution in [0.15, 0.2) is 72.8 Å². The summed E-state index contributed by atoms with van der Waals surface area (Å²) in [6.45, 7) is 0. The standard InChI is InChI=1S/C23H15NO4/c25-20-12-17(15-6-2-1-3-7-15)21-18(27-20)9-8-16-22(26)19(28-23(16)21)11-14-5-4-10-24-13-14/h1-11,13,17H,12H2/b19-11-. The van der Waals surface area contributed by atoms with Crippen molar-refractivity contribution in [2.24, 2.45) is 0 Å². The van der Waals surface area contributed by atoms with Crippen LogP contribution in [0.4, 0.5) is 0 Å². The molecule has 136 valence electrons. The van der Waals surface area contributed by atoms with Gasteiger partial charge in [-0.05, 0) is 35.4 Å². The molecular formula is C23H15NO4. The summed E-state index contributed by atoms with van der Waals surface area (Å²) >= 11 is 0. The third-order valence-electron chi connectivity index (χ3n) is 4.96. The first-order chi connectivity index (χ1) is 13.7. The summed E-state index contributed by atoms with van der Waals surface area (Å²) in [7, 11) is 0. The molecule has 0 N–H and O–H groups in total. The molecule has 2 aliphatic rings. The van der Waals surface area contributed by atoms with Crippen molar-refractivity contribution in [2.45, 2.75) is 12.3 Å². The Labute approximate surface area is 161 Å². The van der Waals surface area contributed by atoms with Crippen molar-refractivity contribution in [1.29, 1.82) is 0 Å². The number of nitrogens with zero attached hydrogens (tertiary/aromatic N) is 1. The molecule has 2 aromatic carbocycles. The molecule has 3 aromatic rings. The first-order valence-electron chi connectivity index (χ1n) is 8.97.